The summed E-state index contributed by atoms with van der Waals surface area (Å²) in [5, 5.41) is 15.4. The summed E-state index contributed by atoms with van der Waals surface area (Å²) in [7, 11) is 2.48. The number of aromatic nitrogens is 6. The van der Waals surface area contributed by atoms with E-state index in [0.29, 0.717) is 42.5 Å². The Morgan fingerprint density at radius 3 is 1.86 bits per heavy atom. The van der Waals surface area contributed by atoms with Crippen LogP contribution in [0.2, 0.25) is 0 Å². The molecule has 17 nitrogen and oxygen atoms in total. The number of aromatic amines is 2. The van der Waals surface area contributed by atoms with Gasteiger partial charge < -0.3 is 45.0 Å². The van der Waals surface area contributed by atoms with Gasteiger partial charge in [0.25, 0.3) is 0 Å². The summed E-state index contributed by atoms with van der Waals surface area (Å²) < 4.78 is 9.40. The first-order valence-corrected chi connectivity index (χ1v) is 19.4. The summed E-state index contributed by atoms with van der Waals surface area (Å²) in [5.74, 6) is 0.639. The van der Waals surface area contributed by atoms with E-state index in [2.05, 4.69) is 30.3 Å². The lowest BCUT2D eigenvalue weighted by Crippen LogP contribution is -2.53. The summed E-state index contributed by atoms with van der Waals surface area (Å²) in [5.41, 5.74) is 6.35. The number of ether oxygens (including phenoxy) is 2. The molecule has 2 aliphatic heterocycles. The number of imidazole rings is 2. The number of amides is 4. The number of nitrogens with zero attached hydrogens (tertiary/aromatic N) is 6. The van der Waals surface area contributed by atoms with Crippen molar-refractivity contribution in [2.24, 2.45) is 5.92 Å². The number of aliphatic hydroxyl groups is 1. The lowest BCUT2D eigenvalue weighted by Gasteiger charge is -2.30. The van der Waals surface area contributed by atoms with Crippen molar-refractivity contribution in [3.63, 3.8) is 0 Å². The monoisotopic (exact) mass is 792 g/mol. The van der Waals surface area contributed by atoms with E-state index in [9.17, 15) is 24.3 Å². The molecule has 58 heavy (non-hydrogen) atoms. The first-order valence-electron chi connectivity index (χ1n) is 19.4. The summed E-state index contributed by atoms with van der Waals surface area (Å²) in [6, 6.07) is 11.3. The highest BCUT2D eigenvalue weighted by Crippen LogP contribution is 2.35. The van der Waals surface area contributed by atoms with Crippen LogP contribution in [0.4, 0.5) is 9.59 Å². The zero-order chi connectivity index (χ0) is 41.1. The average molecular weight is 793 g/mol. The molecule has 2 saturated heterocycles. The van der Waals surface area contributed by atoms with Crippen LogP contribution in [0.15, 0.2) is 61.1 Å². The number of H-pyrrole nitrogens is 2. The lowest BCUT2D eigenvalue weighted by molar-refractivity contribution is -0.137. The molecule has 1 unspecified atom stereocenters. The van der Waals surface area contributed by atoms with Crippen LogP contribution < -0.4 is 10.6 Å². The number of nitrogens with one attached hydrogen (secondary N) is 4. The highest BCUT2D eigenvalue weighted by atomic mass is 16.5. The lowest BCUT2D eigenvalue weighted by atomic mass is 10.0. The van der Waals surface area contributed by atoms with E-state index >= 15 is 0 Å². The van der Waals surface area contributed by atoms with Gasteiger partial charge in [-0.25, -0.2) is 19.6 Å². The molecular formula is C41H48N10O7. The Bertz CT molecular complexity index is 2270. The number of hydrogen-bond donors (Lipinski definition) is 5. The molecule has 7 rings (SSSR count). The van der Waals surface area contributed by atoms with Crippen LogP contribution in [-0.2, 0) is 19.1 Å². The molecular weight excluding hydrogens is 745 g/mol. The SMILES string of the molecule is COC(=O)NC(C(=O)N1CCC[C@H]1c1nc2ccc(-c3cnc(-c4ccc(-c5cnc([C@@H]6CCCN6C(=O)[C@@H](NC(=O)OC)C(C)C)[nH]5)cc4)cn3)cc2[nH]1)[C@@H](C)O. The number of benzene rings is 2. The van der Waals surface area contributed by atoms with Gasteiger partial charge in [-0.05, 0) is 56.2 Å². The molecule has 5 heterocycles. The molecule has 0 aliphatic carbocycles. The van der Waals surface area contributed by atoms with Crippen molar-refractivity contribution >= 4 is 35.0 Å². The van der Waals surface area contributed by atoms with Crippen molar-refractivity contribution in [2.75, 3.05) is 27.3 Å². The minimum Gasteiger partial charge on any atom is -0.453 e. The molecule has 5 atom stereocenters. The van der Waals surface area contributed by atoms with Crippen molar-refractivity contribution in [1.82, 2.24) is 50.3 Å². The zero-order valence-electron chi connectivity index (χ0n) is 33.1. The molecule has 17 heteroatoms. The van der Waals surface area contributed by atoms with Crippen LogP contribution in [0, 0.1) is 5.92 Å². The fourth-order valence-corrected chi connectivity index (χ4v) is 7.71. The molecule has 304 valence electrons. The minimum absolute atomic E-state index is 0.119. The van der Waals surface area contributed by atoms with Crippen LogP contribution in [0.3, 0.4) is 0 Å². The maximum Gasteiger partial charge on any atom is 0.407 e. The topological polar surface area (TPSA) is 221 Å². The van der Waals surface area contributed by atoms with E-state index in [-0.39, 0.29) is 23.9 Å². The molecule has 2 fully saturated rings. The highest BCUT2D eigenvalue weighted by Gasteiger charge is 2.39. The van der Waals surface area contributed by atoms with Gasteiger partial charge in [0.2, 0.25) is 11.8 Å². The smallest absolute Gasteiger partial charge is 0.407 e. The van der Waals surface area contributed by atoms with Crippen LogP contribution in [0.25, 0.3) is 44.8 Å². The van der Waals surface area contributed by atoms with Gasteiger partial charge >= 0.3 is 12.2 Å². The van der Waals surface area contributed by atoms with Crippen LogP contribution in [0.1, 0.15) is 70.2 Å². The fraction of sp³-hybridized carbons (Fsp3) is 0.415. The van der Waals surface area contributed by atoms with Crippen LogP contribution in [-0.4, -0.2) is 114 Å². The minimum atomic E-state index is -1.15. The van der Waals surface area contributed by atoms with Crippen LogP contribution >= 0.6 is 0 Å². The van der Waals surface area contributed by atoms with Gasteiger partial charge in [0.1, 0.15) is 23.7 Å². The van der Waals surface area contributed by atoms with Gasteiger partial charge in [-0.2, -0.15) is 0 Å². The van der Waals surface area contributed by atoms with E-state index in [0.717, 1.165) is 52.7 Å². The maximum absolute atomic E-state index is 13.5. The van der Waals surface area contributed by atoms with E-state index < -0.39 is 36.3 Å². The predicted molar refractivity (Wildman–Crippen MR) is 213 cm³/mol. The van der Waals surface area contributed by atoms with Crippen molar-refractivity contribution in [2.45, 2.75) is 76.7 Å². The third-order valence-electron chi connectivity index (χ3n) is 10.8. The number of carbonyl (C=O) groups is 4. The van der Waals surface area contributed by atoms with Crippen molar-refractivity contribution in [1.29, 1.82) is 0 Å². The van der Waals surface area contributed by atoms with E-state index in [4.69, 9.17) is 19.7 Å². The number of hydrogen-bond acceptors (Lipinski definition) is 11. The highest BCUT2D eigenvalue weighted by molar-refractivity contribution is 5.88. The standard InChI is InChI=1S/C41H48N10O7/c1-22(2)34(48-40(55)57-4)38(53)50-16-6-8-32(50)36-44-21-31(47-36)25-12-10-24(11-13-25)29-19-43-30(20-42-29)26-14-15-27-28(18-26)46-37(45-27)33-9-7-17-51(33)39(54)35(23(3)52)49-41(56)58-5/h10-15,18-23,32-35,52H,6-9,16-17H2,1-5H3,(H,44,47)(H,45,46)(H,48,55)(H,49,56)/t23-,32+,33+,34+,35?/m1/s1. The largest absolute Gasteiger partial charge is 0.453 e. The third kappa shape index (κ3) is 8.20. The fourth-order valence-electron chi connectivity index (χ4n) is 7.71. The Kier molecular flexibility index (Phi) is 11.7. The Balaban J connectivity index is 1.02. The number of methoxy groups -OCH3 is 2. The second-order valence-electron chi connectivity index (χ2n) is 15.0. The molecule has 5 aromatic rings. The molecule has 0 radical (unpaired) electrons. The summed E-state index contributed by atoms with van der Waals surface area (Å²) in [6.45, 7) is 6.27. The molecule has 2 aliphatic rings. The molecule has 0 saturated carbocycles. The molecule has 2 aromatic carbocycles. The maximum atomic E-state index is 13.5. The summed E-state index contributed by atoms with van der Waals surface area (Å²) in [4.78, 5) is 79.9. The second-order valence-corrected chi connectivity index (χ2v) is 15.0. The Morgan fingerprint density at radius 1 is 0.724 bits per heavy atom. The normalized spacial score (nSPS) is 18.3. The quantitative estimate of drug-likeness (QED) is 0.121. The number of likely N-dealkylation sites (tertiary alicyclic amines) is 2. The number of aliphatic hydroxyl groups excluding tert-OH is 1. The molecule has 5 N–H and O–H groups in total. The summed E-state index contributed by atoms with van der Waals surface area (Å²) in [6.07, 6.45) is 5.70. The summed E-state index contributed by atoms with van der Waals surface area (Å²) >= 11 is 0. The average Bonchev–Trinajstić information content (AvgIpc) is 4.07. The number of alkyl carbamates (subject to hydrolysis) is 2. The molecule has 3 aromatic heterocycles. The van der Waals surface area contributed by atoms with Crippen molar-refractivity contribution < 1.29 is 33.8 Å². The third-order valence-corrected chi connectivity index (χ3v) is 10.8. The van der Waals surface area contributed by atoms with E-state index in [1.165, 1.54) is 21.1 Å². The van der Waals surface area contributed by atoms with Crippen molar-refractivity contribution in [3.05, 3.63) is 72.7 Å². The van der Waals surface area contributed by atoms with Crippen LogP contribution in [0.5, 0.6) is 0 Å². The van der Waals surface area contributed by atoms with Gasteiger partial charge in [0.05, 0.1) is 79.1 Å². The molecule has 0 bridgehead atoms. The number of carbonyl (C=O) groups excluding carboxylic acids is 4. The number of rotatable bonds is 11. The Labute approximate surface area is 335 Å². The van der Waals surface area contributed by atoms with Gasteiger partial charge in [-0.3, -0.25) is 19.6 Å². The van der Waals surface area contributed by atoms with Gasteiger partial charge in [0.15, 0.2) is 0 Å². The van der Waals surface area contributed by atoms with E-state index in [1.807, 2.05) is 56.3 Å². The Hall–Kier alpha value is -6.36. The Morgan fingerprint density at radius 2 is 1.28 bits per heavy atom. The predicted octanol–water partition coefficient (Wildman–Crippen LogP) is 4.89. The first-order chi connectivity index (χ1) is 27.9. The van der Waals surface area contributed by atoms with Crippen molar-refractivity contribution in [3.8, 4) is 33.8 Å². The molecule has 4 amide bonds. The number of fused-ring (bicyclic) bond motifs is 1. The first kappa shape index (κ1) is 39.9. The van der Waals surface area contributed by atoms with Gasteiger partial charge in [-0.15, -0.1) is 0 Å². The molecule has 0 spiro atoms. The van der Waals surface area contributed by atoms with Gasteiger partial charge in [-0.1, -0.05) is 44.2 Å². The van der Waals surface area contributed by atoms with E-state index in [1.54, 1.807) is 28.4 Å². The van der Waals surface area contributed by atoms with Gasteiger partial charge in [0, 0.05) is 24.2 Å². The zero-order valence-corrected chi connectivity index (χ0v) is 33.1. The second kappa shape index (κ2) is 17.0.